The van der Waals surface area contributed by atoms with Crippen LogP contribution in [0, 0.1) is 13.8 Å². The van der Waals surface area contributed by atoms with E-state index in [0.717, 1.165) is 27.6 Å². The summed E-state index contributed by atoms with van der Waals surface area (Å²) in [4.78, 5) is 21.8. The van der Waals surface area contributed by atoms with Crippen molar-refractivity contribution in [1.82, 2.24) is 9.97 Å². The van der Waals surface area contributed by atoms with Crippen LogP contribution in [0.15, 0.2) is 48.7 Å². The molecule has 4 nitrogen and oxygen atoms in total. The normalized spacial score (nSPS) is 10.5. The topological polar surface area (TPSA) is 54.9 Å². The molecule has 0 aliphatic carbocycles. The molecule has 2 aromatic heterocycles. The van der Waals surface area contributed by atoms with Gasteiger partial charge >= 0.3 is 0 Å². The van der Waals surface area contributed by atoms with E-state index in [1.807, 2.05) is 56.3 Å². The molecule has 0 bridgehead atoms. The number of nitrogens with one attached hydrogen (secondary N) is 1. The number of thiazole rings is 1. The fraction of sp³-hybridized carbons (Fsp3) is 0.118. The molecular weight excluding hydrogens is 294 g/mol. The molecule has 0 spiro atoms. The molecule has 1 aromatic carbocycles. The highest BCUT2D eigenvalue weighted by molar-refractivity contribution is 7.17. The van der Waals surface area contributed by atoms with Crippen molar-refractivity contribution >= 4 is 22.9 Å². The zero-order chi connectivity index (χ0) is 15.5. The van der Waals surface area contributed by atoms with Gasteiger partial charge in [-0.05, 0) is 43.7 Å². The van der Waals surface area contributed by atoms with Crippen LogP contribution in [0.3, 0.4) is 0 Å². The minimum absolute atomic E-state index is 0.136. The van der Waals surface area contributed by atoms with Crippen molar-refractivity contribution in [3.63, 3.8) is 0 Å². The van der Waals surface area contributed by atoms with Gasteiger partial charge in [0.05, 0.1) is 11.4 Å². The molecule has 0 fully saturated rings. The summed E-state index contributed by atoms with van der Waals surface area (Å²) in [7, 11) is 0. The number of benzene rings is 1. The number of nitrogens with zero attached hydrogens (tertiary/aromatic N) is 2. The first kappa shape index (κ1) is 14.4. The van der Waals surface area contributed by atoms with Gasteiger partial charge in [0.2, 0.25) is 0 Å². The van der Waals surface area contributed by atoms with Gasteiger partial charge in [0.15, 0.2) is 0 Å². The second kappa shape index (κ2) is 6.07. The summed E-state index contributed by atoms with van der Waals surface area (Å²) in [6.45, 7) is 3.83. The molecule has 2 heterocycles. The number of hydrogen-bond acceptors (Lipinski definition) is 4. The Kier molecular flexibility index (Phi) is 3.98. The second-order valence-corrected chi connectivity index (χ2v) is 5.97. The van der Waals surface area contributed by atoms with E-state index in [2.05, 4.69) is 15.3 Å². The van der Waals surface area contributed by atoms with E-state index in [-0.39, 0.29) is 5.91 Å². The summed E-state index contributed by atoms with van der Waals surface area (Å²) in [5.74, 6) is -0.136. The molecule has 110 valence electrons. The second-order valence-electron chi connectivity index (χ2n) is 4.97. The number of amides is 1. The van der Waals surface area contributed by atoms with Gasteiger partial charge in [0.25, 0.3) is 5.91 Å². The Balaban J connectivity index is 1.86. The number of anilines is 1. The Morgan fingerprint density at radius 2 is 2.00 bits per heavy atom. The van der Waals surface area contributed by atoms with Crippen LogP contribution >= 0.6 is 11.3 Å². The summed E-state index contributed by atoms with van der Waals surface area (Å²) in [5.41, 5.74) is 3.39. The van der Waals surface area contributed by atoms with Crippen molar-refractivity contribution in [2.24, 2.45) is 0 Å². The molecular formula is C17H15N3OS. The summed E-state index contributed by atoms with van der Waals surface area (Å²) in [6.07, 6.45) is 1.72. The third-order valence-electron chi connectivity index (χ3n) is 3.16. The maximum Gasteiger partial charge on any atom is 0.267 e. The molecule has 1 amide bonds. The van der Waals surface area contributed by atoms with E-state index >= 15 is 0 Å². The average molecular weight is 309 g/mol. The van der Waals surface area contributed by atoms with Crippen molar-refractivity contribution < 1.29 is 4.79 Å². The molecule has 0 atom stereocenters. The minimum atomic E-state index is -0.136. The molecule has 3 rings (SSSR count). The molecule has 5 heteroatoms. The van der Waals surface area contributed by atoms with E-state index in [4.69, 9.17) is 0 Å². The predicted molar refractivity (Wildman–Crippen MR) is 89.2 cm³/mol. The number of carbonyl (C=O) groups is 1. The quantitative estimate of drug-likeness (QED) is 0.793. The molecule has 0 saturated carbocycles. The maximum atomic E-state index is 12.4. The smallest absolute Gasteiger partial charge is 0.267 e. The maximum absolute atomic E-state index is 12.4. The summed E-state index contributed by atoms with van der Waals surface area (Å²) in [6, 6.07) is 13.4. The molecule has 0 aliphatic heterocycles. The van der Waals surface area contributed by atoms with Crippen molar-refractivity contribution in [2.75, 3.05) is 5.32 Å². The first-order chi connectivity index (χ1) is 10.6. The van der Waals surface area contributed by atoms with Crippen LogP contribution in [-0.2, 0) is 0 Å². The molecule has 0 aliphatic rings. The number of aromatic nitrogens is 2. The van der Waals surface area contributed by atoms with E-state index < -0.39 is 0 Å². The lowest BCUT2D eigenvalue weighted by Gasteiger charge is -2.04. The predicted octanol–water partition coefficient (Wildman–Crippen LogP) is 4.07. The van der Waals surface area contributed by atoms with Gasteiger partial charge in [-0.3, -0.25) is 9.78 Å². The number of hydrogen-bond donors (Lipinski definition) is 1. The monoisotopic (exact) mass is 309 g/mol. The molecule has 0 radical (unpaired) electrons. The largest absolute Gasteiger partial charge is 0.321 e. The first-order valence-corrected chi connectivity index (χ1v) is 7.72. The minimum Gasteiger partial charge on any atom is -0.321 e. The number of aryl methyl sites for hydroxylation is 2. The lowest BCUT2D eigenvalue weighted by molar-refractivity contribution is 0.103. The van der Waals surface area contributed by atoms with Crippen molar-refractivity contribution in [3.05, 3.63) is 64.8 Å². The molecule has 22 heavy (non-hydrogen) atoms. The molecule has 0 saturated heterocycles. The third-order valence-corrected chi connectivity index (χ3v) is 4.34. The first-order valence-electron chi connectivity index (χ1n) is 6.90. The highest BCUT2D eigenvalue weighted by Gasteiger charge is 2.16. The fourth-order valence-electron chi connectivity index (χ4n) is 2.12. The summed E-state index contributed by atoms with van der Waals surface area (Å²) in [5, 5.41) is 3.67. The van der Waals surface area contributed by atoms with Crippen molar-refractivity contribution in [2.45, 2.75) is 13.8 Å². The standard InChI is InChI=1S/C17H15N3OS/c1-11-6-5-7-13(10-11)20-16(21)15-12(2)19-17(22-15)14-8-3-4-9-18-14/h3-10H,1-2H3,(H,20,21). The SMILES string of the molecule is Cc1cccc(NC(=O)c2sc(-c3ccccn3)nc2C)c1. The third kappa shape index (κ3) is 3.04. The highest BCUT2D eigenvalue weighted by atomic mass is 32.1. The highest BCUT2D eigenvalue weighted by Crippen LogP contribution is 2.27. The van der Waals surface area contributed by atoms with Crippen LogP contribution in [-0.4, -0.2) is 15.9 Å². The van der Waals surface area contributed by atoms with Gasteiger partial charge in [-0.25, -0.2) is 4.98 Å². The lowest BCUT2D eigenvalue weighted by atomic mass is 10.2. The van der Waals surface area contributed by atoms with Crippen LogP contribution in [0.1, 0.15) is 20.9 Å². The lowest BCUT2D eigenvalue weighted by Crippen LogP contribution is -2.11. The molecule has 0 unspecified atom stereocenters. The van der Waals surface area contributed by atoms with Crippen LogP contribution in [0.4, 0.5) is 5.69 Å². The van der Waals surface area contributed by atoms with E-state index in [0.29, 0.717) is 4.88 Å². The summed E-state index contributed by atoms with van der Waals surface area (Å²) >= 11 is 1.36. The van der Waals surface area contributed by atoms with Gasteiger partial charge in [-0.15, -0.1) is 11.3 Å². The van der Waals surface area contributed by atoms with Crippen LogP contribution in [0.5, 0.6) is 0 Å². The zero-order valence-corrected chi connectivity index (χ0v) is 13.1. The van der Waals surface area contributed by atoms with Gasteiger partial charge < -0.3 is 5.32 Å². The van der Waals surface area contributed by atoms with E-state index in [1.165, 1.54) is 11.3 Å². The Bertz CT molecular complexity index is 812. The molecule has 1 N–H and O–H groups in total. The van der Waals surface area contributed by atoms with Gasteiger partial charge in [0.1, 0.15) is 9.88 Å². The van der Waals surface area contributed by atoms with Crippen LogP contribution in [0.25, 0.3) is 10.7 Å². The Hall–Kier alpha value is -2.53. The number of pyridine rings is 1. The molecule has 3 aromatic rings. The van der Waals surface area contributed by atoms with Crippen LogP contribution in [0.2, 0.25) is 0 Å². The Morgan fingerprint density at radius 1 is 1.14 bits per heavy atom. The Morgan fingerprint density at radius 3 is 2.73 bits per heavy atom. The van der Waals surface area contributed by atoms with Gasteiger partial charge in [-0.1, -0.05) is 18.2 Å². The van der Waals surface area contributed by atoms with Gasteiger partial charge in [-0.2, -0.15) is 0 Å². The van der Waals surface area contributed by atoms with E-state index in [1.54, 1.807) is 6.20 Å². The van der Waals surface area contributed by atoms with Crippen molar-refractivity contribution in [3.8, 4) is 10.7 Å². The zero-order valence-electron chi connectivity index (χ0n) is 12.3. The average Bonchev–Trinajstić information content (AvgIpc) is 2.90. The number of carbonyl (C=O) groups excluding carboxylic acids is 1. The van der Waals surface area contributed by atoms with Crippen molar-refractivity contribution in [1.29, 1.82) is 0 Å². The Labute approximate surface area is 132 Å². The number of rotatable bonds is 3. The van der Waals surface area contributed by atoms with Crippen LogP contribution < -0.4 is 5.32 Å². The van der Waals surface area contributed by atoms with Gasteiger partial charge in [0, 0.05) is 11.9 Å². The fourth-order valence-corrected chi connectivity index (χ4v) is 3.05. The van der Waals surface area contributed by atoms with E-state index in [9.17, 15) is 4.79 Å². The summed E-state index contributed by atoms with van der Waals surface area (Å²) < 4.78 is 0.